The molecule has 0 aliphatic rings. The Hall–Kier alpha value is -1.59. The first-order chi connectivity index (χ1) is 9.09. The maximum absolute atomic E-state index is 11.8. The molecule has 0 radical (unpaired) electrons. The second-order valence-corrected chi connectivity index (χ2v) is 5.04. The molecule has 0 fully saturated rings. The minimum atomic E-state index is -3.63. The van der Waals surface area contributed by atoms with Gasteiger partial charge in [-0.2, -0.15) is 13.1 Å². The Morgan fingerprint density at radius 3 is 2.79 bits per heavy atom. The largest absolute Gasteiger partial charge is 0.383 e. The molecule has 0 aromatic heterocycles. The van der Waals surface area contributed by atoms with Gasteiger partial charge in [0, 0.05) is 19.2 Å². The Bertz CT molecular complexity index is 561. The van der Waals surface area contributed by atoms with E-state index in [9.17, 15) is 8.42 Å². The number of hydrogen-bond donors (Lipinski definition) is 3. The van der Waals surface area contributed by atoms with Crippen molar-refractivity contribution in [2.75, 3.05) is 31.5 Å². The maximum Gasteiger partial charge on any atom is 0.299 e. The van der Waals surface area contributed by atoms with Crippen LogP contribution in [0.4, 0.5) is 5.69 Å². The Morgan fingerprint density at radius 2 is 2.11 bits per heavy atom. The van der Waals surface area contributed by atoms with E-state index in [1.54, 1.807) is 24.3 Å². The molecular formula is C12H17N3O3S. The van der Waals surface area contributed by atoms with E-state index in [2.05, 4.69) is 21.3 Å². The van der Waals surface area contributed by atoms with E-state index in [-0.39, 0.29) is 13.1 Å². The zero-order chi connectivity index (χ0) is 14.1. The van der Waals surface area contributed by atoms with Crippen molar-refractivity contribution in [3.63, 3.8) is 0 Å². The Kier molecular flexibility index (Phi) is 6.32. The van der Waals surface area contributed by atoms with Crippen LogP contribution in [0.15, 0.2) is 24.3 Å². The van der Waals surface area contributed by atoms with Crippen LogP contribution in [-0.4, -0.2) is 35.2 Å². The number of anilines is 1. The highest BCUT2D eigenvalue weighted by Gasteiger charge is 2.10. The first-order valence-electron chi connectivity index (χ1n) is 5.63. The standard InChI is InChI=1S/C12H17N3O3S/c1-18-10-9-14-19(16,17)15-12-7-3-2-5-11(12)6-4-8-13/h2-3,5,7,14-15H,8-10,13H2,1H3. The first-order valence-corrected chi connectivity index (χ1v) is 7.11. The van der Waals surface area contributed by atoms with Crippen LogP contribution < -0.4 is 15.2 Å². The lowest BCUT2D eigenvalue weighted by Crippen LogP contribution is -2.32. The van der Waals surface area contributed by atoms with Crippen molar-refractivity contribution in [3.8, 4) is 11.8 Å². The number of para-hydroxylation sites is 1. The molecule has 7 heteroatoms. The predicted octanol–water partition coefficient (Wildman–Crippen LogP) is -0.110. The molecule has 0 heterocycles. The summed E-state index contributed by atoms with van der Waals surface area (Å²) < 4.78 is 33.0. The molecule has 4 N–H and O–H groups in total. The number of benzene rings is 1. The number of ether oxygens (including phenoxy) is 1. The van der Waals surface area contributed by atoms with Gasteiger partial charge in [0.05, 0.1) is 18.8 Å². The molecule has 0 atom stereocenters. The summed E-state index contributed by atoms with van der Waals surface area (Å²) in [7, 11) is -2.13. The summed E-state index contributed by atoms with van der Waals surface area (Å²) in [5, 5.41) is 0. The van der Waals surface area contributed by atoms with E-state index in [1.807, 2.05) is 0 Å². The molecule has 0 spiro atoms. The average Bonchev–Trinajstić information content (AvgIpc) is 2.37. The molecule has 0 amide bonds. The summed E-state index contributed by atoms with van der Waals surface area (Å²) in [5.41, 5.74) is 6.28. The molecule has 0 saturated heterocycles. The van der Waals surface area contributed by atoms with Gasteiger partial charge in [0.25, 0.3) is 10.2 Å². The van der Waals surface area contributed by atoms with Gasteiger partial charge in [0.15, 0.2) is 0 Å². The van der Waals surface area contributed by atoms with Crippen LogP contribution in [0.3, 0.4) is 0 Å². The molecule has 19 heavy (non-hydrogen) atoms. The highest BCUT2D eigenvalue weighted by molar-refractivity contribution is 7.90. The summed E-state index contributed by atoms with van der Waals surface area (Å²) in [6.45, 7) is 0.713. The van der Waals surface area contributed by atoms with E-state index in [1.165, 1.54) is 7.11 Å². The number of nitrogens with two attached hydrogens (primary N) is 1. The molecule has 0 aliphatic heterocycles. The van der Waals surface area contributed by atoms with Gasteiger partial charge in [-0.05, 0) is 12.1 Å². The summed E-state index contributed by atoms with van der Waals surface area (Å²) >= 11 is 0. The fourth-order valence-corrected chi connectivity index (χ4v) is 2.18. The molecule has 104 valence electrons. The van der Waals surface area contributed by atoms with E-state index < -0.39 is 10.2 Å². The Balaban J connectivity index is 2.81. The van der Waals surface area contributed by atoms with Crippen LogP contribution in [0.2, 0.25) is 0 Å². The van der Waals surface area contributed by atoms with Crippen LogP contribution in [0.5, 0.6) is 0 Å². The van der Waals surface area contributed by atoms with Crippen molar-refractivity contribution in [2.45, 2.75) is 0 Å². The van der Waals surface area contributed by atoms with E-state index in [0.29, 0.717) is 17.9 Å². The quantitative estimate of drug-likeness (QED) is 0.501. The lowest BCUT2D eigenvalue weighted by molar-refractivity contribution is 0.204. The monoisotopic (exact) mass is 283 g/mol. The molecule has 0 bridgehead atoms. The summed E-state index contributed by atoms with van der Waals surface area (Å²) in [5.74, 6) is 5.49. The van der Waals surface area contributed by atoms with Gasteiger partial charge in [-0.1, -0.05) is 24.0 Å². The van der Waals surface area contributed by atoms with Gasteiger partial charge >= 0.3 is 0 Å². The minimum absolute atomic E-state index is 0.197. The molecule has 0 unspecified atom stereocenters. The normalized spacial score (nSPS) is 10.6. The average molecular weight is 283 g/mol. The number of hydrogen-bond acceptors (Lipinski definition) is 4. The van der Waals surface area contributed by atoms with Gasteiger partial charge in [-0.25, -0.2) is 0 Å². The first kappa shape index (κ1) is 15.5. The van der Waals surface area contributed by atoms with E-state index >= 15 is 0 Å². The van der Waals surface area contributed by atoms with E-state index in [4.69, 9.17) is 10.5 Å². The van der Waals surface area contributed by atoms with Gasteiger partial charge in [0.1, 0.15) is 0 Å². The Morgan fingerprint density at radius 1 is 1.37 bits per heavy atom. The fraction of sp³-hybridized carbons (Fsp3) is 0.333. The third-order valence-electron chi connectivity index (χ3n) is 2.09. The molecular weight excluding hydrogens is 266 g/mol. The van der Waals surface area contributed by atoms with Crippen molar-refractivity contribution >= 4 is 15.9 Å². The van der Waals surface area contributed by atoms with Gasteiger partial charge < -0.3 is 10.5 Å². The van der Waals surface area contributed by atoms with Gasteiger partial charge in [-0.15, -0.1) is 0 Å². The van der Waals surface area contributed by atoms with Crippen LogP contribution in [0, 0.1) is 11.8 Å². The number of nitrogens with one attached hydrogen (secondary N) is 2. The van der Waals surface area contributed by atoms with Crippen LogP contribution in [-0.2, 0) is 14.9 Å². The third kappa shape index (κ3) is 5.72. The Labute approximate surface area is 113 Å². The van der Waals surface area contributed by atoms with Crippen molar-refractivity contribution in [1.29, 1.82) is 0 Å². The van der Waals surface area contributed by atoms with Crippen LogP contribution >= 0.6 is 0 Å². The smallest absolute Gasteiger partial charge is 0.299 e. The number of rotatable bonds is 6. The highest BCUT2D eigenvalue weighted by atomic mass is 32.2. The van der Waals surface area contributed by atoms with E-state index in [0.717, 1.165) is 0 Å². The molecule has 6 nitrogen and oxygen atoms in total. The van der Waals surface area contributed by atoms with Crippen molar-refractivity contribution in [2.24, 2.45) is 5.73 Å². The zero-order valence-electron chi connectivity index (χ0n) is 10.6. The summed E-state index contributed by atoms with van der Waals surface area (Å²) in [4.78, 5) is 0. The van der Waals surface area contributed by atoms with Gasteiger partial charge in [-0.3, -0.25) is 4.72 Å². The second-order valence-electron chi connectivity index (χ2n) is 3.54. The van der Waals surface area contributed by atoms with Crippen molar-refractivity contribution < 1.29 is 13.2 Å². The topological polar surface area (TPSA) is 93.4 Å². The molecule has 0 aliphatic carbocycles. The molecule has 1 aromatic rings. The summed E-state index contributed by atoms with van der Waals surface area (Å²) in [6, 6.07) is 6.85. The maximum atomic E-state index is 11.8. The predicted molar refractivity (Wildman–Crippen MR) is 74.8 cm³/mol. The lowest BCUT2D eigenvalue weighted by Gasteiger charge is -2.10. The second kappa shape index (κ2) is 7.76. The van der Waals surface area contributed by atoms with Gasteiger partial charge in [0.2, 0.25) is 0 Å². The highest BCUT2D eigenvalue weighted by Crippen LogP contribution is 2.14. The summed E-state index contributed by atoms with van der Waals surface area (Å²) in [6.07, 6.45) is 0. The fourth-order valence-electron chi connectivity index (χ4n) is 1.29. The number of methoxy groups -OCH3 is 1. The van der Waals surface area contributed by atoms with Crippen molar-refractivity contribution in [3.05, 3.63) is 29.8 Å². The SMILES string of the molecule is COCCNS(=O)(=O)Nc1ccccc1C#CCN. The lowest BCUT2D eigenvalue weighted by atomic mass is 10.2. The third-order valence-corrected chi connectivity index (χ3v) is 3.17. The minimum Gasteiger partial charge on any atom is -0.383 e. The molecule has 1 aromatic carbocycles. The van der Waals surface area contributed by atoms with Crippen molar-refractivity contribution in [1.82, 2.24) is 4.72 Å². The van der Waals surface area contributed by atoms with Crippen LogP contribution in [0.25, 0.3) is 0 Å². The van der Waals surface area contributed by atoms with Crippen LogP contribution in [0.1, 0.15) is 5.56 Å². The molecule has 0 saturated carbocycles. The molecule has 1 rings (SSSR count). The zero-order valence-corrected chi connectivity index (χ0v) is 11.5.